The van der Waals surface area contributed by atoms with E-state index in [1.807, 2.05) is 41.9 Å². The van der Waals surface area contributed by atoms with Gasteiger partial charge in [-0.15, -0.1) is 0 Å². The third-order valence-electron chi connectivity index (χ3n) is 2.44. The van der Waals surface area contributed by atoms with Crippen molar-refractivity contribution in [3.8, 4) is 5.75 Å². The normalized spacial score (nSPS) is 10.5. The lowest BCUT2D eigenvalue weighted by molar-refractivity contribution is 0.344. The highest BCUT2D eigenvalue weighted by Gasteiger charge is 2.01. The van der Waals surface area contributed by atoms with Crippen molar-refractivity contribution in [2.45, 2.75) is 5.75 Å². The minimum atomic E-state index is 0.658. The molecular weight excluding hydrogens is 266 g/mol. The molecule has 0 amide bonds. The van der Waals surface area contributed by atoms with Crippen LogP contribution in [0.3, 0.4) is 0 Å². The number of thioether (sulfide) groups is 1. The average molecular weight is 281 g/mol. The fourth-order valence-corrected chi connectivity index (χ4v) is 2.34. The smallest absolute Gasteiger partial charge is 0.194 e. The van der Waals surface area contributed by atoms with Crippen LogP contribution >= 0.6 is 24.0 Å². The molecule has 96 valence electrons. The number of nitrogens with one attached hydrogen (secondary N) is 1. The Morgan fingerprint density at radius 1 is 1.39 bits per heavy atom. The fourth-order valence-electron chi connectivity index (χ4n) is 1.41. The van der Waals surface area contributed by atoms with Crippen molar-refractivity contribution < 1.29 is 4.74 Å². The predicted molar refractivity (Wildman–Crippen MR) is 76.5 cm³/mol. The molecule has 0 fully saturated rings. The zero-order valence-corrected chi connectivity index (χ0v) is 11.8. The molecule has 0 saturated heterocycles. The third-order valence-corrected chi connectivity index (χ3v) is 3.73. The van der Waals surface area contributed by atoms with Crippen LogP contribution in [0.25, 0.3) is 0 Å². The van der Waals surface area contributed by atoms with Gasteiger partial charge in [0, 0.05) is 12.8 Å². The molecule has 0 bridgehead atoms. The van der Waals surface area contributed by atoms with E-state index in [1.165, 1.54) is 0 Å². The number of H-pyrrole nitrogens is 1. The first-order valence-electron chi connectivity index (χ1n) is 5.63. The number of hydrogen-bond acceptors (Lipinski definition) is 4. The maximum absolute atomic E-state index is 5.60. The van der Waals surface area contributed by atoms with Gasteiger partial charge in [-0.3, -0.25) is 5.10 Å². The summed E-state index contributed by atoms with van der Waals surface area (Å²) < 4.78 is 8.15. The van der Waals surface area contributed by atoms with Crippen molar-refractivity contribution in [1.29, 1.82) is 0 Å². The monoisotopic (exact) mass is 281 g/mol. The second-order valence-corrected chi connectivity index (χ2v) is 5.21. The lowest BCUT2D eigenvalue weighted by atomic mass is 10.3. The van der Waals surface area contributed by atoms with E-state index in [-0.39, 0.29) is 0 Å². The summed E-state index contributed by atoms with van der Waals surface area (Å²) in [6.45, 7) is 0.698. The van der Waals surface area contributed by atoms with Crippen LogP contribution in [0.4, 0.5) is 0 Å². The molecule has 1 heterocycles. The maximum Gasteiger partial charge on any atom is 0.194 e. The molecule has 0 aliphatic carbocycles. The second-order valence-electron chi connectivity index (χ2n) is 3.72. The van der Waals surface area contributed by atoms with Gasteiger partial charge in [0.15, 0.2) is 4.77 Å². The molecule has 0 spiro atoms. The Hall–Kier alpha value is -1.27. The molecule has 0 aliphatic heterocycles. The number of nitrogens with zero attached hydrogens (tertiary/aromatic N) is 2. The number of aromatic amines is 1. The van der Waals surface area contributed by atoms with Crippen molar-refractivity contribution >= 4 is 24.0 Å². The molecule has 2 rings (SSSR count). The number of ether oxygens (including phenoxy) is 1. The number of hydrogen-bond donors (Lipinski definition) is 1. The summed E-state index contributed by atoms with van der Waals surface area (Å²) in [7, 11) is 1.92. The highest BCUT2D eigenvalue weighted by Crippen LogP contribution is 2.12. The van der Waals surface area contributed by atoms with Gasteiger partial charge < -0.3 is 9.30 Å². The molecule has 1 aromatic carbocycles. The molecule has 0 saturated carbocycles. The first-order valence-corrected chi connectivity index (χ1v) is 7.19. The zero-order chi connectivity index (χ0) is 12.8. The largest absolute Gasteiger partial charge is 0.493 e. The van der Waals surface area contributed by atoms with E-state index in [1.54, 1.807) is 11.8 Å². The Morgan fingerprint density at radius 3 is 2.83 bits per heavy atom. The first kappa shape index (κ1) is 13.2. The Balaban J connectivity index is 1.68. The summed E-state index contributed by atoms with van der Waals surface area (Å²) in [5.41, 5.74) is 0. The van der Waals surface area contributed by atoms with E-state index >= 15 is 0 Å². The SMILES string of the molecule is Cn1c(CSCCOc2ccccc2)n[nH]c1=S. The highest BCUT2D eigenvalue weighted by atomic mass is 32.2. The number of para-hydroxylation sites is 1. The van der Waals surface area contributed by atoms with Gasteiger partial charge in [0.2, 0.25) is 0 Å². The first-order chi connectivity index (χ1) is 8.77. The number of benzene rings is 1. The Labute approximate surface area is 115 Å². The minimum absolute atomic E-state index is 0.658. The quantitative estimate of drug-likeness (QED) is 0.653. The van der Waals surface area contributed by atoms with E-state index in [0.717, 1.165) is 23.1 Å². The molecule has 0 radical (unpaired) electrons. The number of aromatic nitrogens is 3. The standard InChI is InChI=1S/C12H15N3OS2/c1-15-11(13-14-12(15)17)9-18-8-7-16-10-5-3-2-4-6-10/h2-6H,7-9H2,1H3,(H,14,17). The van der Waals surface area contributed by atoms with Gasteiger partial charge in [0.25, 0.3) is 0 Å². The van der Waals surface area contributed by atoms with E-state index in [9.17, 15) is 0 Å². The Morgan fingerprint density at radius 2 is 2.17 bits per heavy atom. The molecule has 6 heteroatoms. The zero-order valence-electron chi connectivity index (χ0n) is 10.1. The summed E-state index contributed by atoms with van der Waals surface area (Å²) in [5.74, 6) is 3.64. The van der Waals surface area contributed by atoms with Crippen LogP contribution in [0.15, 0.2) is 30.3 Å². The van der Waals surface area contributed by atoms with Crippen LogP contribution in [0, 0.1) is 4.77 Å². The second kappa shape index (κ2) is 6.61. The van der Waals surface area contributed by atoms with E-state index in [4.69, 9.17) is 17.0 Å². The van der Waals surface area contributed by atoms with Gasteiger partial charge in [-0.2, -0.15) is 16.9 Å². The van der Waals surface area contributed by atoms with Crippen LogP contribution in [0.2, 0.25) is 0 Å². The topological polar surface area (TPSA) is 42.8 Å². The molecule has 1 N–H and O–H groups in total. The van der Waals surface area contributed by atoms with Gasteiger partial charge in [-0.05, 0) is 24.4 Å². The summed E-state index contributed by atoms with van der Waals surface area (Å²) in [6.07, 6.45) is 0. The predicted octanol–water partition coefficient (Wildman–Crippen LogP) is 2.79. The fraction of sp³-hybridized carbons (Fsp3) is 0.333. The molecule has 0 unspecified atom stereocenters. The van der Waals surface area contributed by atoms with Gasteiger partial charge in [0.05, 0.1) is 12.4 Å². The lowest BCUT2D eigenvalue weighted by Crippen LogP contribution is -2.02. The van der Waals surface area contributed by atoms with Crippen LogP contribution in [-0.4, -0.2) is 27.1 Å². The van der Waals surface area contributed by atoms with Crippen molar-refractivity contribution in [3.63, 3.8) is 0 Å². The molecular formula is C12H15N3OS2. The minimum Gasteiger partial charge on any atom is -0.493 e. The molecule has 2 aromatic rings. The number of rotatable bonds is 6. The van der Waals surface area contributed by atoms with Crippen molar-refractivity contribution in [3.05, 3.63) is 40.9 Å². The average Bonchev–Trinajstić information content (AvgIpc) is 2.71. The van der Waals surface area contributed by atoms with Gasteiger partial charge in [0.1, 0.15) is 11.6 Å². The molecule has 18 heavy (non-hydrogen) atoms. The van der Waals surface area contributed by atoms with Crippen LogP contribution < -0.4 is 4.74 Å². The summed E-state index contributed by atoms with van der Waals surface area (Å²) in [4.78, 5) is 0. The van der Waals surface area contributed by atoms with E-state index in [2.05, 4.69) is 10.2 Å². The Bertz CT molecular complexity index is 536. The van der Waals surface area contributed by atoms with E-state index < -0.39 is 0 Å². The summed E-state index contributed by atoms with van der Waals surface area (Å²) >= 11 is 6.83. The third kappa shape index (κ3) is 3.61. The van der Waals surface area contributed by atoms with Gasteiger partial charge in [-0.25, -0.2) is 0 Å². The molecule has 4 nitrogen and oxygen atoms in total. The van der Waals surface area contributed by atoms with Gasteiger partial charge in [-0.1, -0.05) is 18.2 Å². The summed E-state index contributed by atoms with van der Waals surface area (Å²) in [5, 5.41) is 6.93. The lowest BCUT2D eigenvalue weighted by Gasteiger charge is -2.05. The van der Waals surface area contributed by atoms with Crippen molar-refractivity contribution in [1.82, 2.24) is 14.8 Å². The molecule has 0 atom stereocenters. The highest BCUT2D eigenvalue weighted by molar-refractivity contribution is 7.98. The summed E-state index contributed by atoms with van der Waals surface area (Å²) in [6, 6.07) is 9.84. The van der Waals surface area contributed by atoms with Gasteiger partial charge >= 0.3 is 0 Å². The van der Waals surface area contributed by atoms with Crippen LogP contribution in [-0.2, 0) is 12.8 Å². The van der Waals surface area contributed by atoms with Crippen LogP contribution in [0.1, 0.15) is 5.82 Å². The van der Waals surface area contributed by atoms with Crippen LogP contribution in [0.5, 0.6) is 5.75 Å². The Kier molecular flexibility index (Phi) is 4.83. The van der Waals surface area contributed by atoms with Crippen molar-refractivity contribution in [2.24, 2.45) is 7.05 Å². The maximum atomic E-state index is 5.60. The van der Waals surface area contributed by atoms with Crippen molar-refractivity contribution in [2.75, 3.05) is 12.4 Å². The molecule has 1 aromatic heterocycles. The van der Waals surface area contributed by atoms with E-state index in [0.29, 0.717) is 11.4 Å². The molecule has 0 aliphatic rings.